The highest BCUT2D eigenvalue weighted by atomic mass is 19.2. The quantitative estimate of drug-likeness (QED) is 0.829. The highest BCUT2D eigenvalue weighted by Gasteiger charge is 2.20. The van der Waals surface area contributed by atoms with Crippen molar-refractivity contribution in [3.05, 3.63) is 64.5 Å². The molecule has 22 heavy (non-hydrogen) atoms. The predicted molar refractivity (Wildman–Crippen MR) is 79.5 cm³/mol. The average Bonchev–Trinajstić information content (AvgIpc) is 2.52. The van der Waals surface area contributed by atoms with Crippen LogP contribution in [-0.4, -0.2) is 5.91 Å². The Balaban J connectivity index is 2.40. The van der Waals surface area contributed by atoms with Gasteiger partial charge in [0.1, 0.15) is 0 Å². The number of hydrogen-bond donors (Lipinski definition) is 1. The second-order valence-corrected chi connectivity index (χ2v) is 4.84. The second-order valence-electron chi connectivity index (χ2n) is 4.84. The Labute approximate surface area is 127 Å². The van der Waals surface area contributed by atoms with Crippen LogP contribution in [0.2, 0.25) is 0 Å². The lowest BCUT2D eigenvalue weighted by molar-refractivity contribution is 0.102. The molecule has 0 saturated heterocycles. The van der Waals surface area contributed by atoms with Crippen LogP contribution in [0.15, 0.2) is 30.3 Å². The lowest BCUT2D eigenvalue weighted by Crippen LogP contribution is -2.17. The van der Waals surface area contributed by atoms with E-state index >= 15 is 0 Å². The first-order chi connectivity index (χ1) is 10.5. The summed E-state index contributed by atoms with van der Waals surface area (Å²) < 4.78 is 39.9. The molecule has 0 spiro atoms. The van der Waals surface area contributed by atoms with Crippen LogP contribution in [0.4, 0.5) is 18.9 Å². The molecule has 1 amide bonds. The number of carbonyl (C=O) groups excluding carboxylic acids is 1. The maximum absolute atomic E-state index is 13.7. The molecule has 5 heteroatoms. The van der Waals surface area contributed by atoms with Crippen LogP contribution in [0.1, 0.15) is 35.3 Å². The summed E-state index contributed by atoms with van der Waals surface area (Å²) in [7, 11) is 0. The van der Waals surface area contributed by atoms with Crippen molar-refractivity contribution in [1.29, 1.82) is 0 Å². The van der Waals surface area contributed by atoms with Crippen LogP contribution in [0.25, 0.3) is 0 Å². The standard InChI is InChI=1S/C17H16F3NO/c1-3-10-6-5-7-11(4-2)16(10)21-17(22)12-8-9-13(18)15(20)14(12)19/h5-9H,3-4H2,1-2H3,(H,21,22). The second kappa shape index (κ2) is 6.64. The summed E-state index contributed by atoms with van der Waals surface area (Å²) in [6, 6.07) is 7.27. The highest BCUT2D eigenvalue weighted by Crippen LogP contribution is 2.24. The van der Waals surface area contributed by atoms with E-state index in [-0.39, 0.29) is 0 Å². The van der Waals surface area contributed by atoms with E-state index in [1.54, 1.807) is 0 Å². The first-order valence-electron chi connectivity index (χ1n) is 7.05. The first-order valence-corrected chi connectivity index (χ1v) is 7.05. The summed E-state index contributed by atoms with van der Waals surface area (Å²) >= 11 is 0. The molecule has 0 radical (unpaired) electrons. The van der Waals surface area contributed by atoms with Gasteiger partial charge in [-0.2, -0.15) is 0 Å². The predicted octanol–water partition coefficient (Wildman–Crippen LogP) is 4.48. The van der Waals surface area contributed by atoms with E-state index < -0.39 is 28.9 Å². The number of carbonyl (C=O) groups is 1. The lowest BCUT2D eigenvalue weighted by atomic mass is 10.0. The number of nitrogens with one attached hydrogen (secondary N) is 1. The zero-order valence-electron chi connectivity index (χ0n) is 12.3. The van der Waals surface area contributed by atoms with Gasteiger partial charge in [0.2, 0.25) is 0 Å². The van der Waals surface area contributed by atoms with Gasteiger partial charge in [-0.25, -0.2) is 13.2 Å². The van der Waals surface area contributed by atoms with Gasteiger partial charge < -0.3 is 5.32 Å². The Morgan fingerprint density at radius 1 is 0.955 bits per heavy atom. The van der Waals surface area contributed by atoms with Gasteiger partial charge in [0.05, 0.1) is 5.56 Å². The minimum Gasteiger partial charge on any atom is -0.321 e. The highest BCUT2D eigenvalue weighted by molar-refractivity contribution is 6.05. The molecule has 0 saturated carbocycles. The lowest BCUT2D eigenvalue weighted by Gasteiger charge is -2.14. The summed E-state index contributed by atoms with van der Waals surface area (Å²) in [5.74, 6) is -5.25. The van der Waals surface area contributed by atoms with Gasteiger partial charge in [0.15, 0.2) is 17.5 Å². The maximum atomic E-state index is 13.7. The molecule has 1 N–H and O–H groups in total. The van der Waals surface area contributed by atoms with Gasteiger partial charge in [0, 0.05) is 5.69 Å². The van der Waals surface area contributed by atoms with Crippen LogP contribution in [-0.2, 0) is 12.8 Å². The van der Waals surface area contributed by atoms with E-state index in [1.807, 2.05) is 32.0 Å². The molecule has 0 aliphatic carbocycles. The molecule has 2 aromatic rings. The molecule has 0 unspecified atom stereocenters. The molecular formula is C17H16F3NO. The fraction of sp³-hybridized carbons (Fsp3) is 0.235. The number of para-hydroxylation sites is 1. The van der Waals surface area contributed by atoms with Gasteiger partial charge in [-0.05, 0) is 36.1 Å². The van der Waals surface area contributed by atoms with Crippen molar-refractivity contribution in [3.8, 4) is 0 Å². The number of benzene rings is 2. The molecule has 0 bridgehead atoms. The Kier molecular flexibility index (Phi) is 4.85. The van der Waals surface area contributed by atoms with Gasteiger partial charge >= 0.3 is 0 Å². The third-order valence-electron chi connectivity index (χ3n) is 3.52. The summed E-state index contributed by atoms with van der Waals surface area (Å²) in [5, 5.41) is 2.62. The number of rotatable bonds is 4. The Morgan fingerprint density at radius 3 is 2.09 bits per heavy atom. The van der Waals surface area contributed by atoms with E-state index in [9.17, 15) is 18.0 Å². The van der Waals surface area contributed by atoms with E-state index in [0.29, 0.717) is 18.5 Å². The molecule has 2 nitrogen and oxygen atoms in total. The molecule has 0 aliphatic heterocycles. The number of anilines is 1. The van der Waals surface area contributed by atoms with E-state index in [2.05, 4.69) is 5.32 Å². The summed E-state index contributed by atoms with van der Waals surface area (Å²) in [4.78, 5) is 12.2. The molecule has 0 fully saturated rings. The van der Waals surface area contributed by atoms with Crippen molar-refractivity contribution in [2.45, 2.75) is 26.7 Å². The van der Waals surface area contributed by atoms with E-state index in [1.165, 1.54) is 0 Å². The number of aryl methyl sites for hydroxylation is 2. The fourth-order valence-electron chi connectivity index (χ4n) is 2.29. The van der Waals surface area contributed by atoms with Crippen LogP contribution in [0.3, 0.4) is 0 Å². The largest absolute Gasteiger partial charge is 0.321 e. The van der Waals surface area contributed by atoms with Crippen molar-refractivity contribution in [3.63, 3.8) is 0 Å². The normalized spacial score (nSPS) is 10.6. The molecular weight excluding hydrogens is 291 g/mol. The Bertz CT molecular complexity index is 691. The smallest absolute Gasteiger partial charge is 0.258 e. The van der Waals surface area contributed by atoms with Crippen LogP contribution in [0, 0.1) is 17.5 Å². The monoisotopic (exact) mass is 307 g/mol. The van der Waals surface area contributed by atoms with Gasteiger partial charge in [-0.15, -0.1) is 0 Å². The van der Waals surface area contributed by atoms with Crippen molar-refractivity contribution < 1.29 is 18.0 Å². The minimum atomic E-state index is -1.65. The minimum absolute atomic E-state index is 0.521. The third kappa shape index (κ3) is 2.98. The maximum Gasteiger partial charge on any atom is 0.258 e. The van der Waals surface area contributed by atoms with Gasteiger partial charge in [-0.1, -0.05) is 32.0 Å². The van der Waals surface area contributed by atoms with Crippen LogP contribution in [0.5, 0.6) is 0 Å². The van der Waals surface area contributed by atoms with Crippen molar-refractivity contribution >= 4 is 11.6 Å². The van der Waals surface area contributed by atoms with Crippen molar-refractivity contribution in [1.82, 2.24) is 0 Å². The average molecular weight is 307 g/mol. The van der Waals surface area contributed by atoms with Crippen molar-refractivity contribution in [2.24, 2.45) is 0 Å². The van der Waals surface area contributed by atoms with Crippen LogP contribution < -0.4 is 5.32 Å². The zero-order chi connectivity index (χ0) is 16.3. The summed E-state index contributed by atoms with van der Waals surface area (Å²) in [5.41, 5.74) is 1.87. The molecule has 2 aromatic carbocycles. The fourth-order valence-corrected chi connectivity index (χ4v) is 2.29. The van der Waals surface area contributed by atoms with E-state index in [0.717, 1.165) is 23.3 Å². The first kappa shape index (κ1) is 16.1. The topological polar surface area (TPSA) is 29.1 Å². The number of hydrogen-bond acceptors (Lipinski definition) is 1. The van der Waals surface area contributed by atoms with Gasteiger partial charge in [0.25, 0.3) is 5.91 Å². The van der Waals surface area contributed by atoms with Crippen LogP contribution >= 0.6 is 0 Å². The molecule has 0 atom stereocenters. The summed E-state index contributed by atoms with van der Waals surface area (Å²) in [6.07, 6.45) is 1.37. The molecule has 2 rings (SSSR count). The van der Waals surface area contributed by atoms with E-state index in [4.69, 9.17) is 0 Å². The Hall–Kier alpha value is -2.30. The summed E-state index contributed by atoms with van der Waals surface area (Å²) in [6.45, 7) is 3.87. The number of amides is 1. The molecule has 116 valence electrons. The van der Waals surface area contributed by atoms with Crippen molar-refractivity contribution in [2.75, 3.05) is 5.32 Å². The zero-order valence-corrected chi connectivity index (χ0v) is 12.3. The molecule has 0 heterocycles. The SMILES string of the molecule is CCc1cccc(CC)c1NC(=O)c1ccc(F)c(F)c1F. The molecule has 0 aliphatic rings. The molecule has 0 aromatic heterocycles. The third-order valence-corrected chi connectivity index (χ3v) is 3.52. The number of halogens is 3. The Morgan fingerprint density at radius 2 is 1.55 bits per heavy atom. The van der Waals surface area contributed by atoms with Gasteiger partial charge in [-0.3, -0.25) is 4.79 Å².